The van der Waals surface area contributed by atoms with Crippen molar-refractivity contribution in [3.63, 3.8) is 0 Å². The van der Waals surface area contributed by atoms with Crippen molar-refractivity contribution in [3.8, 4) is 5.75 Å². The molecule has 0 saturated heterocycles. The molecule has 2 aromatic rings. The first-order valence-electron chi connectivity index (χ1n) is 8.34. The summed E-state index contributed by atoms with van der Waals surface area (Å²) in [6.07, 6.45) is 3.96. The molecule has 0 saturated carbocycles. The number of aryl methyl sites for hydroxylation is 1. The molecular weight excluding hydrogens is 376 g/mol. The minimum absolute atomic E-state index is 0.0202. The fourth-order valence-electron chi connectivity index (χ4n) is 3.36. The summed E-state index contributed by atoms with van der Waals surface area (Å²) in [4.78, 5) is 11.3. The summed E-state index contributed by atoms with van der Waals surface area (Å²) >= 11 is 6.18. The van der Waals surface area contributed by atoms with Crippen LogP contribution < -0.4 is 14.8 Å². The molecule has 4 rings (SSSR count). The summed E-state index contributed by atoms with van der Waals surface area (Å²) in [6.45, 7) is -0.159. The topological polar surface area (TPSA) is 84.5 Å². The summed E-state index contributed by atoms with van der Waals surface area (Å²) in [6, 6.07) is 8.40. The van der Waals surface area contributed by atoms with Gasteiger partial charge in [-0.3, -0.25) is 9.52 Å². The monoisotopic (exact) mass is 392 g/mol. The number of amides is 1. The number of hydrogen-bond donors (Lipinski definition) is 2. The van der Waals surface area contributed by atoms with E-state index in [1.54, 1.807) is 6.07 Å². The van der Waals surface area contributed by atoms with E-state index >= 15 is 0 Å². The van der Waals surface area contributed by atoms with E-state index < -0.39 is 10.0 Å². The molecule has 0 fully saturated rings. The fraction of sp³-hybridized carbons (Fsp3) is 0.278. The van der Waals surface area contributed by atoms with Crippen molar-refractivity contribution in [3.05, 3.63) is 46.5 Å². The van der Waals surface area contributed by atoms with Gasteiger partial charge in [-0.2, -0.15) is 0 Å². The van der Waals surface area contributed by atoms with E-state index in [0.29, 0.717) is 11.4 Å². The summed E-state index contributed by atoms with van der Waals surface area (Å²) < 4.78 is 33.8. The summed E-state index contributed by atoms with van der Waals surface area (Å²) in [5.74, 6) is -0.0253. The van der Waals surface area contributed by atoms with E-state index in [1.165, 1.54) is 17.7 Å². The lowest BCUT2D eigenvalue weighted by Gasteiger charge is -2.22. The van der Waals surface area contributed by atoms with Crippen LogP contribution >= 0.6 is 11.6 Å². The normalized spacial score (nSPS) is 16.1. The molecule has 1 heterocycles. The van der Waals surface area contributed by atoms with E-state index in [4.69, 9.17) is 16.3 Å². The van der Waals surface area contributed by atoms with Gasteiger partial charge in [0.1, 0.15) is 10.6 Å². The van der Waals surface area contributed by atoms with Crippen LogP contribution in [0.1, 0.15) is 24.0 Å². The van der Waals surface area contributed by atoms with Gasteiger partial charge in [0.15, 0.2) is 6.61 Å². The average molecular weight is 393 g/mol. The van der Waals surface area contributed by atoms with Gasteiger partial charge < -0.3 is 10.1 Å². The van der Waals surface area contributed by atoms with Gasteiger partial charge in [0.05, 0.1) is 16.4 Å². The average Bonchev–Trinajstić information content (AvgIpc) is 2.61. The number of sulfonamides is 1. The molecule has 26 heavy (non-hydrogen) atoms. The molecule has 8 heteroatoms. The van der Waals surface area contributed by atoms with Crippen LogP contribution in [-0.2, 0) is 27.7 Å². The molecule has 1 aliphatic heterocycles. The Morgan fingerprint density at radius 2 is 1.96 bits per heavy atom. The first-order valence-corrected chi connectivity index (χ1v) is 10.2. The predicted octanol–water partition coefficient (Wildman–Crippen LogP) is 3.35. The molecule has 6 nitrogen and oxygen atoms in total. The van der Waals surface area contributed by atoms with Gasteiger partial charge >= 0.3 is 0 Å². The summed E-state index contributed by atoms with van der Waals surface area (Å²) in [5, 5.41) is 2.63. The van der Waals surface area contributed by atoms with Crippen LogP contribution in [-0.4, -0.2) is 20.9 Å². The number of ether oxygens (including phenoxy) is 1. The highest BCUT2D eigenvalue weighted by molar-refractivity contribution is 7.92. The largest absolute Gasteiger partial charge is 0.482 e. The smallest absolute Gasteiger partial charge is 0.263 e. The minimum atomic E-state index is -3.90. The molecule has 0 unspecified atom stereocenters. The lowest BCUT2D eigenvalue weighted by atomic mass is 9.91. The fourth-order valence-corrected chi connectivity index (χ4v) is 5.00. The zero-order chi connectivity index (χ0) is 18.3. The Bertz CT molecular complexity index is 1000. The van der Waals surface area contributed by atoms with E-state index in [9.17, 15) is 13.2 Å². The second-order valence-corrected chi connectivity index (χ2v) is 8.43. The van der Waals surface area contributed by atoms with E-state index in [-0.39, 0.29) is 28.2 Å². The Hall–Kier alpha value is -2.25. The maximum absolute atomic E-state index is 12.9. The molecule has 0 spiro atoms. The van der Waals surface area contributed by atoms with Crippen LogP contribution in [0, 0.1) is 0 Å². The first kappa shape index (κ1) is 17.2. The molecule has 1 aliphatic carbocycles. The molecule has 2 aliphatic rings. The maximum Gasteiger partial charge on any atom is 0.263 e. The maximum atomic E-state index is 12.9. The number of fused-ring (bicyclic) bond motifs is 2. The summed E-state index contributed by atoms with van der Waals surface area (Å²) in [7, 11) is -3.90. The molecule has 2 aromatic carbocycles. The lowest BCUT2D eigenvalue weighted by molar-refractivity contribution is -0.118. The van der Waals surface area contributed by atoms with E-state index in [0.717, 1.165) is 31.2 Å². The van der Waals surface area contributed by atoms with E-state index in [1.807, 2.05) is 12.1 Å². The van der Waals surface area contributed by atoms with Crippen molar-refractivity contribution >= 4 is 38.9 Å². The van der Waals surface area contributed by atoms with Crippen LogP contribution in [0.3, 0.4) is 0 Å². The van der Waals surface area contributed by atoms with Crippen molar-refractivity contribution in [2.24, 2.45) is 0 Å². The number of nitrogens with one attached hydrogen (secondary N) is 2. The van der Waals surface area contributed by atoms with Gasteiger partial charge in [0.2, 0.25) is 0 Å². The van der Waals surface area contributed by atoms with Gasteiger partial charge in [-0.25, -0.2) is 8.42 Å². The second kappa shape index (κ2) is 6.48. The standard InChI is InChI=1S/C18H17ClN2O4S/c19-13-8-15-16(25-10-18(22)20-15)9-17(13)26(23,24)21-14-7-3-5-11-4-1-2-6-12(11)14/h3,5,7-9,21H,1-2,4,6,10H2,(H,20,22). The number of carbonyl (C=O) groups is 1. The molecular formula is C18H17ClN2O4S. The quantitative estimate of drug-likeness (QED) is 0.838. The third-order valence-corrected chi connectivity index (χ3v) is 6.43. The van der Waals surface area contributed by atoms with Crippen LogP contribution in [0.25, 0.3) is 0 Å². The zero-order valence-electron chi connectivity index (χ0n) is 13.8. The minimum Gasteiger partial charge on any atom is -0.482 e. The van der Waals surface area contributed by atoms with Gasteiger partial charge in [-0.05, 0) is 48.9 Å². The molecule has 0 aromatic heterocycles. The third-order valence-electron chi connectivity index (χ3n) is 4.60. The third kappa shape index (κ3) is 3.12. The van der Waals surface area contributed by atoms with Gasteiger partial charge in [0.25, 0.3) is 15.9 Å². The van der Waals surface area contributed by atoms with Crippen molar-refractivity contribution < 1.29 is 17.9 Å². The SMILES string of the molecule is O=C1COc2cc(S(=O)(=O)Nc3cccc4c3CCCC4)c(Cl)cc2N1. The van der Waals surface area contributed by atoms with Gasteiger partial charge in [-0.15, -0.1) is 0 Å². The second-order valence-electron chi connectivity index (χ2n) is 6.37. The molecule has 0 atom stereocenters. The van der Waals surface area contributed by atoms with Gasteiger partial charge in [-0.1, -0.05) is 23.7 Å². The number of benzene rings is 2. The van der Waals surface area contributed by atoms with Crippen LogP contribution in [0.15, 0.2) is 35.2 Å². The summed E-state index contributed by atoms with van der Waals surface area (Å²) in [5.41, 5.74) is 3.17. The van der Waals surface area contributed by atoms with Crippen LogP contribution in [0.5, 0.6) is 5.75 Å². The Kier molecular flexibility index (Phi) is 4.28. The van der Waals surface area contributed by atoms with E-state index in [2.05, 4.69) is 10.0 Å². The molecule has 0 radical (unpaired) electrons. The Balaban J connectivity index is 1.71. The zero-order valence-corrected chi connectivity index (χ0v) is 15.4. The molecule has 136 valence electrons. The lowest BCUT2D eigenvalue weighted by Crippen LogP contribution is -2.26. The highest BCUT2D eigenvalue weighted by atomic mass is 35.5. The number of rotatable bonds is 3. The van der Waals surface area contributed by atoms with Gasteiger partial charge in [0, 0.05) is 6.07 Å². The Labute approximate surface area is 156 Å². The van der Waals surface area contributed by atoms with Crippen molar-refractivity contribution in [1.29, 1.82) is 0 Å². The highest BCUT2D eigenvalue weighted by Gasteiger charge is 2.25. The molecule has 0 bridgehead atoms. The van der Waals surface area contributed by atoms with Crippen molar-refractivity contribution in [2.45, 2.75) is 30.6 Å². The molecule has 2 N–H and O–H groups in total. The van der Waals surface area contributed by atoms with Crippen LogP contribution in [0.4, 0.5) is 11.4 Å². The number of carbonyl (C=O) groups excluding carboxylic acids is 1. The highest BCUT2D eigenvalue weighted by Crippen LogP contribution is 2.37. The predicted molar refractivity (Wildman–Crippen MR) is 99.5 cm³/mol. The molecule has 1 amide bonds. The Morgan fingerprint density at radius 3 is 2.81 bits per heavy atom. The van der Waals surface area contributed by atoms with Crippen LogP contribution in [0.2, 0.25) is 5.02 Å². The number of hydrogen-bond acceptors (Lipinski definition) is 4. The van der Waals surface area contributed by atoms with Crippen molar-refractivity contribution in [2.75, 3.05) is 16.6 Å². The Morgan fingerprint density at radius 1 is 1.15 bits per heavy atom. The number of anilines is 2. The van der Waals surface area contributed by atoms with Crippen molar-refractivity contribution in [1.82, 2.24) is 0 Å². The number of halogens is 1. The first-order chi connectivity index (χ1) is 12.4.